The molecule has 3 nitrogen and oxygen atoms in total. The minimum absolute atomic E-state index is 0.370. The second-order valence-electron chi connectivity index (χ2n) is 3.75. The summed E-state index contributed by atoms with van der Waals surface area (Å²) in [5, 5.41) is 4.15. The third-order valence-electron chi connectivity index (χ3n) is 2.57. The number of carbonyl (C=O) groups excluding carboxylic acids is 1. The fourth-order valence-corrected chi connectivity index (χ4v) is 3.42. The molecule has 0 bridgehead atoms. The lowest BCUT2D eigenvalue weighted by molar-refractivity contribution is 0.0593. The van der Waals surface area contributed by atoms with E-state index in [-0.39, 0.29) is 5.97 Å². The van der Waals surface area contributed by atoms with Gasteiger partial charge in [0.15, 0.2) is 0 Å². The molecule has 0 radical (unpaired) electrons. The molecule has 1 aromatic heterocycles. The van der Waals surface area contributed by atoms with Crippen LogP contribution in [0.15, 0.2) is 39.9 Å². The highest BCUT2D eigenvalue weighted by atomic mass is 32.2. The predicted molar refractivity (Wildman–Crippen MR) is 78.2 cm³/mol. The molecule has 0 saturated carbocycles. The van der Waals surface area contributed by atoms with E-state index in [0.717, 1.165) is 10.6 Å². The molecule has 0 spiro atoms. The second kappa shape index (κ2) is 6.63. The third kappa shape index (κ3) is 3.30. The molecule has 100 valence electrons. The molecule has 0 N–H and O–H groups in total. The first-order valence-corrected chi connectivity index (χ1v) is 7.58. The van der Waals surface area contributed by atoms with Crippen LogP contribution in [-0.4, -0.2) is 20.2 Å². The van der Waals surface area contributed by atoms with Gasteiger partial charge in [0, 0.05) is 10.6 Å². The highest BCUT2D eigenvalue weighted by Crippen LogP contribution is 2.32. The van der Waals surface area contributed by atoms with E-state index in [2.05, 4.69) is 11.4 Å². The SMILES string of the molecule is COC(=O)c1c(OC)cccc1SCc1ccsc1. The van der Waals surface area contributed by atoms with Crippen molar-refractivity contribution in [2.24, 2.45) is 0 Å². The number of benzene rings is 1. The Bertz CT molecular complexity index is 550. The Morgan fingerprint density at radius 3 is 2.79 bits per heavy atom. The Morgan fingerprint density at radius 2 is 2.16 bits per heavy atom. The first kappa shape index (κ1) is 14.0. The molecule has 0 unspecified atom stereocenters. The number of rotatable bonds is 5. The zero-order chi connectivity index (χ0) is 13.7. The van der Waals surface area contributed by atoms with Crippen LogP contribution in [0.4, 0.5) is 0 Å². The van der Waals surface area contributed by atoms with E-state index in [1.54, 1.807) is 36.3 Å². The van der Waals surface area contributed by atoms with Gasteiger partial charge >= 0.3 is 5.97 Å². The molecule has 0 saturated heterocycles. The van der Waals surface area contributed by atoms with Gasteiger partial charge in [-0.15, -0.1) is 11.8 Å². The van der Waals surface area contributed by atoms with Gasteiger partial charge in [0.1, 0.15) is 11.3 Å². The summed E-state index contributed by atoms with van der Waals surface area (Å²) in [6.45, 7) is 0. The van der Waals surface area contributed by atoms with Crippen LogP contribution >= 0.6 is 23.1 Å². The van der Waals surface area contributed by atoms with Gasteiger partial charge in [0.05, 0.1) is 14.2 Å². The normalized spacial score (nSPS) is 10.2. The summed E-state index contributed by atoms with van der Waals surface area (Å²) in [5.41, 5.74) is 1.74. The molecule has 0 aliphatic heterocycles. The minimum atomic E-state index is -0.370. The summed E-state index contributed by atoms with van der Waals surface area (Å²) in [7, 11) is 2.93. The molecular formula is C14H14O3S2. The van der Waals surface area contributed by atoms with E-state index in [0.29, 0.717) is 11.3 Å². The molecular weight excluding hydrogens is 280 g/mol. The molecule has 2 aromatic rings. The first-order chi connectivity index (χ1) is 9.26. The second-order valence-corrected chi connectivity index (χ2v) is 5.54. The van der Waals surface area contributed by atoms with Crippen molar-refractivity contribution in [3.8, 4) is 5.75 Å². The summed E-state index contributed by atoms with van der Waals surface area (Å²) in [4.78, 5) is 12.7. The standard InChI is InChI=1S/C14H14O3S2/c1-16-11-4-3-5-12(13(11)14(15)17-2)19-9-10-6-7-18-8-10/h3-8H,9H2,1-2H3. The average molecular weight is 294 g/mol. The van der Waals surface area contributed by atoms with Crippen molar-refractivity contribution in [1.29, 1.82) is 0 Å². The zero-order valence-corrected chi connectivity index (χ0v) is 12.3. The fourth-order valence-electron chi connectivity index (χ4n) is 1.64. The number of carbonyl (C=O) groups is 1. The Labute approximate surface area is 120 Å². The molecule has 1 heterocycles. The van der Waals surface area contributed by atoms with Crippen LogP contribution < -0.4 is 4.74 Å². The summed E-state index contributed by atoms with van der Waals surface area (Å²) < 4.78 is 10.1. The maximum Gasteiger partial charge on any atom is 0.342 e. The number of thiophene rings is 1. The van der Waals surface area contributed by atoms with Crippen LogP contribution in [0.1, 0.15) is 15.9 Å². The predicted octanol–water partition coefficient (Wildman–Crippen LogP) is 3.84. The molecule has 0 atom stereocenters. The Balaban J connectivity index is 2.25. The van der Waals surface area contributed by atoms with Gasteiger partial charge in [0.25, 0.3) is 0 Å². The lowest BCUT2D eigenvalue weighted by atomic mass is 10.2. The topological polar surface area (TPSA) is 35.5 Å². The highest BCUT2D eigenvalue weighted by Gasteiger charge is 2.18. The minimum Gasteiger partial charge on any atom is -0.496 e. The molecule has 2 rings (SSSR count). The molecule has 19 heavy (non-hydrogen) atoms. The molecule has 0 amide bonds. The van der Waals surface area contributed by atoms with Gasteiger partial charge in [-0.3, -0.25) is 0 Å². The first-order valence-electron chi connectivity index (χ1n) is 5.65. The molecule has 5 heteroatoms. The fraction of sp³-hybridized carbons (Fsp3) is 0.214. The van der Waals surface area contributed by atoms with Gasteiger partial charge in [-0.25, -0.2) is 4.79 Å². The zero-order valence-electron chi connectivity index (χ0n) is 10.7. The lowest BCUT2D eigenvalue weighted by Crippen LogP contribution is -2.06. The summed E-state index contributed by atoms with van der Waals surface area (Å²) in [6, 6.07) is 7.63. The van der Waals surface area contributed by atoms with Crippen LogP contribution in [0.2, 0.25) is 0 Å². The number of hydrogen-bond acceptors (Lipinski definition) is 5. The largest absolute Gasteiger partial charge is 0.496 e. The van der Waals surface area contributed by atoms with Crippen LogP contribution in [0, 0.1) is 0 Å². The van der Waals surface area contributed by atoms with Gasteiger partial charge in [-0.05, 0) is 34.5 Å². The molecule has 0 aliphatic rings. The van der Waals surface area contributed by atoms with Gasteiger partial charge in [-0.2, -0.15) is 11.3 Å². The molecule has 0 aliphatic carbocycles. The monoisotopic (exact) mass is 294 g/mol. The van der Waals surface area contributed by atoms with Crippen LogP contribution in [0.5, 0.6) is 5.75 Å². The van der Waals surface area contributed by atoms with Gasteiger partial charge < -0.3 is 9.47 Å². The van der Waals surface area contributed by atoms with E-state index >= 15 is 0 Å². The highest BCUT2D eigenvalue weighted by molar-refractivity contribution is 7.98. The van der Waals surface area contributed by atoms with E-state index < -0.39 is 0 Å². The molecule has 1 aromatic carbocycles. The van der Waals surface area contributed by atoms with Crippen molar-refractivity contribution < 1.29 is 14.3 Å². The number of esters is 1. The number of ether oxygens (including phenoxy) is 2. The van der Waals surface area contributed by atoms with Crippen molar-refractivity contribution in [2.45, 2.75) is 10.6 Å². The van der Waals surface area contributed by atoms with E-state index in [4.69, 9.17) is 9.47 Å². The van der Waals surface area contributed by atoms with Crippen molar-refractivity contribution >= 4 is 29.1 Å². The van der Waals surface area contributed by atoms with Crippen molar-refractivity contribution in [2.75, 3.05) is 14.2 Å². The Hall–Kier alpha value is -1.46. The van der Waals surface area contributed by atoms with Crippen molar-refractivity contribution in [3.05, 3.63) is 46.2 Å². The number of methoxy groups -OCH3 is 2. The molecule has 0 fully saturated rings. The maximum absolute atomic E-state index is 11.9. The number of thioether (sulfide) groups is 1. The summed E-state index contributed by atoms with van der Waals surface area (Å²) in [6.07, 6.45) is 0. The Kier molecular flexibility index (Phi) is 4.87. The summed E-state index contributed by atoms with van der Waals surface area (Å²) in [5.74, 6) is 0.994. The number of hydrogen-bond donors (Lipinski definition) is 0. The van der Waals surface area contributed by atoms with Crippen LogP contribution in [0.3, 0.4) is 0 Å². The third-order valence-corrected chi connectivity index (χ3v) is 4.43. The summed E-state index contributed by atoms with van der Waals surface area (Å²) >= 11 is 3.27. The smallest absolute Gasteiger partial charge is 0.342 e. The maximum atomic E-state index is 11.9. The van der Waals surface area contributed by atoms with Crippen molar-refractivity contribution in [3.63, 3.8) is 0 Å². The quantitative estimate of drug-likeness (QED) is 0.620. The van der Waals surface area contributed by atoms with E-state index in [1.165, 1.54) is 12.7 Å². The Morgan fingerprint density at radius 1 is 1.32 bits per heavy atom. The average Bonchev–Trinajstić information content (AvgIpc) is 2.97. The van der Waals surface area contributed by atoms with E-state index in [9.17, 15) is 4.79 Å². The van der Waals surface area contributed by atoms with Crippen molar-refractivity contribution in [1.82, 2.24) is 0 Å². The lowest BCUT2D eigenvalue weighted by Gasteiger charge is -2.11. The van der Waals surface area contributed by atoms with Gasteiger partial charge in [0.2, 0.25) is 0 Å². The van der Waals surface area contributed by atoms with Crippen LogP contribution in [-0.2, 0) is 10.5 Å². The van der Waals surface area contributed by atoms with E-state index in [1.807, 2.05) is 17.5 Å². The van der Waals surface area contributed by atoms with Gasteiger partial charge in [-0.1, -0.05) is 6.07 Å². The van der Waals surface area contributed by atoms with Crippen LogP contribution in [0.25, 0.3) is 0 Å².